The van der Waals surface area contributed by atoms with E-state index in [2.05, 4.69) is 47.9 Å². The molecule has 2 aliphatic rings. The summed E-state index contributed by atoms with van der Waals surface area (Å²) < 4.78 is 12.8. The lowest BCUT2D eigenvalue weighted by Gasteiger charge is -2.42. The molecule has 0 bridgehead atoms. The summed E-state index contributed by atoms with van der Waals surface area (Å²) >= 11 is 1.66. The van der Waals surface area contributed by atoms with Crippen LogP contribution in [0.4, 0.5) is 0 Å². The van der Waals surface area contributed by atoms with Crippen LogP contribution in [0.5, 0.6) is 5.75 Å². The molecule has 2 nitrogen and oxygen atoms in total. The Morgan fingerprint density at radius 3 is 2.70 bits per heavy atom. The molecule has 0 saturated heterocycles. The second-order valence-corrected chi connectivity index (χ2v) is 6.69. The first kappa shape index (κ1) is 13.1. The quantitative estimate of drug-likeness (QED) is 0.624. The van der Waals surface area contributed by atoms with Crippen molar-refractivity contribution in [2.45, 2.75) is 12.4 Å². The summed E-state index contributed by atoms with van der Waals surface area (Å²) in [7, 11) is 0. The summed E-state index contributed by atoms with van der Waals surface area (Å²) in [5, 5.41) is 2.06. The highest BCUT2D eigenvalue weighted by Crippen LogP contribution is 2.51. The molecule has 0 amide bonds. The monoisotopic (exact) mass is 318 g/mol. The van der Waals surface area contributed by atoms with Crippen LogP contribution in [-0.2, 0) is 17.1 Å². The summed E-state index contributed by atoms with van der Waals surface area (Å²) in [5.41, 5.74) is 4.59. The van der Waals surface area contributed by atoms with Gasteiger partial charge in [-0.05, 0) is 34.7 Å². The summed E-state index contributed by atoms with van der Waals surface area (Å²) in [6.07, 6.45) is 2.20. The molecule has 1 aromatic heterocycles. The van der Waals surface area contributed by atoms with Crippen molar-refractivity contribution in [3.63, 3.8) is 0 Å². The Morgan fingerprint density at radius 1 is 0.913 bits per heavy atom. The number of hydrogen-bond donors (Lipinski definition) is 0. The van der Waals surface area contributed by atoms with Crippen molar-refractivity contribution < 1.29 is 9.47 Å². The highest BCUT2D eigenvalue weighted by molar-refractivity contribution is 7.10. The van der Waals surface area contributed by atoms with E-state index in [4.69, 9.17) is 9.47 Å². The van der Waals surface area contributed by atoms with Gasteiger partial charge in [-0.15, -0.1) is 11.3 Å². The average Bonchev–Trinajstić information content (AvgIpc) is 3.15. The molecular formula is C20H14O2S. The molecule has 0 saturated carbocycles. The van der Waals surface area contributed by atoms with Crippen LogP contribution in [0.1, 0.15) is 21.6 Å². The van der Waals surface area contributed by atoms with E-state index < -0.39 is 5.79 Å². The molecule has 3 heteroatoms. The molecule has 0 radical (unpaired) electrons. The van der Waals surface area contributed by atoms with E-state index >= 15 is 0 Å². The van der Waals surface area contributed by atoms with E-state index in [1.807, 2.05) is 24.3 Å². The van der Waals surface area contributed by atoms with E-state index in [1.165, 1.54) is 11.1 Å². The Kier molecular flexibility index (Phi) is 2.75. The van der Waals surface area contributed by atoms with Gasteiger partial charge in [0.15, 0.2) is 0 Å². The highest BCUT2D eigenvalue weighted by atomic mass is 32.1. The zero-order valence-electron chi connectivity index (χ0n) is 12.4. The number of ether oxygens (including phenoxy) is 2. The van der Waals surface area contributed by atoms with Gasteiger partial charge in [-0.25, -0.2) is 0 Å². The first-order valence-corrected chi connectivity index (χ1v) is 8.51. The minimum Gasteiger partial charge on any atom is -0.452 e. The predicted octanol–water partition coefficient (Wildman–Crippen LogP) is 5.06. The summed E-state index contributed by atoms with van der Waals surface area (Å²) in [5.74, 6) is 0.0284. The molecule has 2 aliphatic heterocycles. The van der Waals surface area contributed by atoms with Crippen LogP contribution in [0, 0.1) is 0 Å². The number of fused-ring (bicyclic) bond motifs is 4. The average molecular weight is 318 g/mol. The minimum atomic E-state index is -0.836. The van der Waals surface area contributed by atoms with Crippen molar-refractivity contribution >= 4 is 23.0 Å². The number of benzene rings is 2. The third kappa shape index (κ3) is 1.84. The zero-order chi connectivity index (χ0) is 15.3. The van der Waals surface area contributed by atoms with Crippen molar-refractivity contribution in [1.29, 1.82) is 0 Å². The van der Waals surface area contributed by atoms with Gasteiger partial charge in [-0.1, -0.05) is 48.5 Å². The maximum absolute atomic E-state index is 6.44. The van der Waals surface area contributed by atoms with Crippen LogP contribution < -0.4 is 4.74 Å². The normalized spacial score (nSPS) is 21.5. The Bertz CT molecular complexity index is 911. The topological polar surface area (TPSA) is 18.5 Å². The molecule has 5 rings (SSSR count). The molecule has 0 spiro atoms. The number of thiophene rings is 1. The van der Waals surface area contributed by atoms with Crippen molar-refractivity contribution in [3.05, 3.63) is 87.6 Å². The van der Waals surface area contributed by atoms with Gasteiger partial charge in [0.1, 0.15) is 5.75 Å². The van der Waals surface area contributed by atoms with E-state index in [1.54, 1.807) is 11.3 Å². The third-order valence-corrected chi connectivity index (χ3v) is 5.36. The standard InChI is InChI=1S/C20H14O2S/c1-3-8-16-15(7-1)13-21-20(19-10-5-11-23-19)17(16)12-14-6-2-4-9-18(14)22-20/h1-12H,13H2. The lowest BCUT2D eigenvalue weighted by molar-refractivity contribution is -0.157. The molecule has 112 valence electrons. The van der Waals surface area contributed by atoms with Crippen LogP contribution in [0.25, 0.3) is 11.6 Å². The second kappa shape index (κ2) is 4.82. The fourth-order valence-corrected chi connectivity index (χ4v) is 4.15. The summed E-state index contributed by atoms with van der Waals surface area (Å²) in [4.78, 5) is 1.08. The molecule has 0 N–H and O–H groups in total. The van der Waals surface area contributed by atoms with E-state index in [9.17, 15) is 0 Å². The molecule has 0 aliphatic carbocycles. The maximum atomic E-state index is 6.44. The number of rotatable bonds is 1. The van der Waals surface area contributed by atoms with Gasteiger partial charge in [0, 0.05) is 11.1 Å². The van der Waals surface area contributed by atoms with E-state index in [0.29, 0.717) is 6.61 Å². The van der Waals surface area contributed by atoms with Gasteiger partial charge in [0.25, 0.3) is 5.79 Å². The molecule has 3 aromatic rings. The first-order valence-electron chi connectivity index (χ1n) is 7.63. The Labute approximate surface area is 138 Å². The van der Waals surface area contributed by atoms with Crippen LogP contribution in [-0.4, -0.2) is 0 Å². The van der Waals surface area contributed by atoms with Crippen molar-refractivity contribution in [2.75, 3.05) is 0 Å². The summed E-state index contributed by atoms with van der Waals surface area (Å²) in [6, 6.07) is 20.6. The van der Waals surface area contributed by atoms with Crippen molar-refractivity contribution in [1.82, 2.24) is 0 Å². The third-order valence-electron chi connectivity index (χ3n) is 4.41. The Balaban J connectivity index is 1.81. The van der Waals surface area contributed by atoms with Crippen LogP contribution in [0.2, 0.25) is 0 Å². The maximum Gasteiger partial charge on any atom is 0.274 e. The molecule has 0 fully saturated rings. The highest BCUT2D eigenvalue weighted by Gasteiger charge is 2.47. The summed E-state index contributed by atoms with van der Waals surface area (Å²) in [6.45, 7) is 0.549. The van der Waals surface area contributed by atoms with Gasteiger partial charge < -0.3 is 9.47 Å². The van der Waals surface area contributed by atoms with Gasteiger partial charge in [0.05, 0.1) is 11.5 Å². The number of hydrogen-bond acceptors (Lipinski definition) is 3. The minimum absolute atomic E-state index is 0.549. The van der Waals surface area contributed by atoms with Crippen LogP contribution >= 0.6 is 11.3 Å². The Hall–Kier alpha value is -2.36. The van der Waals surface area contributed by atoms with Gasteiger partial charge >= 0.3 is 0 Å². The molecular weight excluding hydrogens is 304 g/mol. The molecule has 1 unspecified atom stereocenters. The molecule has 3 heterocycles. The largest absolute Gasteiger partial charge is 0.452 e. The fraction of sp³-hybridized carbons (Fsp3) is 0.100. The van der Waals surface area contributed by atoms with Gasteiger partial charge in [0.2, 0.25) is 0 Å². The SMILES string of the molecule is C1=C2c3ccccc3COC2(c2cccs2)Oc2ccccc21. The van der Waals surface area contributed by atoms with Crippen LogP contribution in [0.3, 0.4) is 0 Å². The van der Waals surface area contributed by atoms with E-state index in [-0.39, 0.29) is 0 Å². The molecule has 2 aromatic carbocycles. The Morgan fingerprint density at radius 2 is 1.78 bits per heavy atom. The predicted molar refractivity (Wildman–Crippen MR) is 92.2 cm³/mol. The van der Waals surface area contributed by atoms with Crippen molar-refractivity contribution in [3.8, 4) is 5.75 Å². The molecule has 23 heavy (non-hydrogen) atoms. The van der Waals surface area contributed by atoms with Crippen LogP contribution in [0.15, 0.2) is 66.0 Å². The number of para-hydroxylation sites is 1. The van der Waals surface area contributed by atoms with E-state index in [0.717, 1.165) is 21.8 Å². The van der Waals surface area contributed by atoms with Crippen molar-refractivity contribution in [2.24, 2.45) is 0 Å². The van der Waals surface area contributed by atoms with Gasteiger partial charge in [-0.2, -0.15) is 0 Å². The second-order valence-electron chi connectivity index (χ2n) is 5.74. The fourth-order valence-electron chi connectivity index (χ4n) is 3.32. The van der Waals surface area contributed by atoms with Gasteiger partial charge in [-0.3, -0.25) is 0 Å². The lowest BCUT2D eigenvalue weighted by atomic mass is 9.86. The smallest absolute Gasteiger partial charge is 0.274 e. The molecule has 1 atom stereocenters. The zero-order valence-corrected chi connectivity index (χ0v) is 13.2. The first-order chi connectivity index (χ1) is 11.4. The lowest BCUT2D eigenvalue weighted by Crippen LogP contribution is -2.41.